The molecule has 35 heavy (non-hydrogen) atoms. The van der Waals surface area contributed by atoms with Crippen LogP contribution in [0, 0.1) is 12.8 Å². The first-order valence-corrected chi connectivity index (χ1v) is 11.6. The summed E-state index contributed by atoms with van der Waals surface area (Å²) < 4.78 is 57.3. The van der Waals surface area contributed by atoms with Gasteiger partial charge in [-0.3, -0.25) is 4.79 Å². The molecule has 0 bridgehead atoms. The molecule has 0 amide bonds. The van der Waals surface area contributed by atoms with Gasteiger partial charge in [-0.25, -0.2) is 0 Å². The molecule has 3 aromatic rings. The van der Waals surface area contributed by atoms with Crippen LogP contribution >= 0.6 is 0 Å². The highest BCUT2D eigenvalue weighted by molar-refractivity contribution is 5.79. The molecular weight excluding hydrogens is 463 g/mol. The van der Waals surface area contributed by atoms with Crippen LogP contribution in [-0.4, -0.2) is 42.4 Å². The number of alkyl halides is 3. The van der Waals surface area contributed by atoms with Gasteiger partial charge >= 0.3 is 6.18 Å². The van der Waals surface area contributed by atoms with Crippen molar-refractivity contribution in [2.75, 3.05) is 26.2 Å². The topological polar surface area (TPSA) is 72.1 Å². The van der Waals surface area contributed by atoms with E-state index in [0.29, 0.717) is 12.5 Å². The first-order chi connectivity index (χ1) is 16.6. The molecule has 2 aromatic carbocycles. The van der Waals surface area contributed by atoms with Crippen LogP contribution in [0.3, 0.4) is 0 Å². The lowest BCUT2D eigenvalue weighted by Gasteiger charge is -2.31. The van der Waals surface area contributed by atoms with E-state index in [1.54, 1.807) is 19.1 Å². The van der Waals surface area contributed by atoms with Crippen molar-refractivity contribution < 1.29 is 32.2 Å². The number of fused-ring (bicyclic) bond motifs is 1. The molecule has 0 aliphatic carbocycles. The van der Waals surface area contributed by atoms with E-state index in [4.69, 9.17) is 13.9 Å². The fraction of sp³-hybridized carbons (Fsp3) is 0.423. The number of β-amino-alcohol motifs (C(OH)–C–C–N with tert-alkyl or cyclic N) is 1. The number of rotatable bonds is 7. The number of hydrogen-bond donors (Lipinski definition) is 1. The second-order valence-electron chi connectivity index (χ2n) is 9.11. The summed E-state index contributed by atoms with van der Waals surface area (Å²) in [6.45, 7) is 6.19. The summed E-state index contributed by atoms with van der Waals surface area (Å²) in [5, 5.41) is 10.3. The summed E-state index contributed by atoms with van der Waals surface area (Å²) in [5.74, 6) is -1.48. The zero-order valence-electron chi connectivity index (χ0n) is 19.6. The third-order valence-corrected chi connectivity index (χ3v) is 6.08. The molecule has 1 fully saturated rings. The van der Waals surface area contributed by atoms with Crippen molar-refractivity contribution in [3.05, 3.63) is 64.0 Å². The second kappa shape index (κ2) is 10.3. The number of aliphatic hydroxyl groups excluding tert-OH is 1. The fourth-order valence-electron chi connectivity index (χ4n) is 4.11. The van der Waals surface area contributed by atoms with Gasteiger partial charge in [-0.1, -0.05) is 19.1 Å². The highest BCUT2D eigenvalue weighted by Crippen LogP contribution is 2.38. The molecular formula is C26H28F3NO5. The normalized spacial score (nSPS) is 16.4. The monoisotopic (exact) mass is 491 g/mol. The lowest BCUT2D eigenvalue weighted by atomic mass is 9.99. The number of benzene rings is 2. The van der Waals surface area contributed by atoms with Crippen molar-refractivity contribution in [3.63, 3.8) is 0 Å². The lowest BCUT2D eigenvalue weighted by molar-refractivity contribution is -0.154. The Bertz CT molecular complexity index is 1230. The van der Waals surface area contributed by atoms with Crippen LogP contribution in [0.4, 0.5) is 13.2 Å². The van der Waals surface area contributed by atoms with Crippen molar-refractivity contribution in [3.8, 4) is 17.2 Å². The molecule has 0 saturated carbocycles. The molecule has 1 atom stereocenters. The van der Waals surface area contributed by atoms with E-state index in [9.17, 15) is 23.1 Å². The molecule has 1 aromatic heterocycles. The van der Waals surface area contributed by atoms with Crippen molar-refractivity contribution >= 4 is 11.0 Å². The predicted octanol–water partition coefficient (Wildman–Crippen LogP) is 5.38. The lowest BCUT2D eigenvalue weighted by Crippen LogP contribution is -2.40. The molecule has 1 aliphatic heterocycles. The van der Waals surface area contributed by atoms with Gasteiger partial charge in [-0.2, -0.15) is 13.2 Å². The van der Waals surface area contributed by atoms with Crippen molar-refractivity contribution in [2.45, 2.75) is 39.0 Å². The third kappa shape index (κ3) is 6.15. The van der Waals surface area contributed by atoms with Crippen LogP contribution in [0.5, 0.6) is 17.2 Å². The summed E-state index contributed by atoms with van der Waals surface area (Å²) in [7, 11) is 0. The van der Waals surface area contributed by atoms with Gasteiger partial charge in [0.15, 0.2) is 0 Å². The Morgan fingerprint density at radius 2 is 1.89 bits per heavy atom. The molecule has 4 rings (SSSR count). The van der Waals surface area contributed by atoms with Gasteiger partial charge in [0.05, 0.1) is 5.39 Å². The Balaban J connectivity index is 1.55. The van der Waals surface area contributed by atoms with E-state index >= 15 is 0 Å². The largest absolute Gasteiger partial charge is 0.491 e. The Hall–Kier alpha value is -3.04. The van der Waals surface area contributed by atoms with Crippen LogP contribution in [0.2, 0.25) is 0 Å². The van der Waals surface area contributed by atoms with Gasteiger partial charge in [-0.05, 0) is 68.6 Å². The predicted molar refractivity (Wildman–Crippen MR) is 125 cm³/mol. The minimum atomic E-state index is -4.95. The average molecular weight is 492 g/mol. The number of aryl methyl sites for hydroxylation is 1. The van der Waals surface area contributed by atoms with Crippen molar-refractivity contribution in [2.24, 2.45) is 5.92 Å². The number of piperidine rings is 1. The number of ether oxygens (including phenoxy) is 2. The van der Waals surface area contributed by atoms with Gasteiger partial charge in [0.1, 0.15) is 29.8 Å². The summed E-state index contributed by atoms with van der Waals surface area (Å²) in [6, 6.07) is 10.4. The number of hydrogen-bond acceptors (Lipinski definition) is 6. The molecule has 1 aliphatic rings. The van der Waals surface area contributed by atoms with Gasteiger partial charge in [-0.15, -0.1) is 0 Å². The van der Waals surface area contributed by atoms with Gasteiger partial charge in [0, 0.05) is 12.6 Å². The van der Waals surface area contributed by atoms with E-state index in [0.717, 1.165) is 31.5 Å². The molecule has 6 nitrogen and oxygen atoms in total. The standard InChI is InChI=1S/C26H28F3NO5/c1-16-8-10-30(11-9-16)14-18(31)15-33-19-6-7-21-22(13-19)35-25(26(27,28)29)24(23(21)32)34-20-5-3-4-17(2)12-20/h3-7,12-13,16,18,31H,8-11,14-15H2,1-2H3. The van der Waals surface area contributed by atoms with Crippen LogP contribution in [0.15, 0.2) is 51.7 Å². The Morgan fingerprint density at radius 3 is 2.57 bits per heavy atom. The maximum absolute atomic E-state index is 13.8. The van der Waals surface area contributed by atoms with Gasteiger partial charge in [0.25, 0.3) is 5.76 Å². The first-order valence-electron chi connectivity index (χ1n) is 11.6. The molecule has 9 heteroatoms. The summed E-state index contributed by atoms with van der Waals surface area (Å²) >= 11 is 0. The quantitative estimate of drug-likeness (QED) is 0.478. The summed E-state index contributed by atoms with van der Waals surface area (Å²) in [6.07, 6.45) is -3.56. The number of nitrogens with zero attached hydrogens (tertiary/aromatic N) is 1. The minimum absolute atomic E-state index is 0.0392. The van der Waals surface area contributed by atoms with E-state index in [1.807, 2.05) is 0 Å². The van der Waals surface area contributed by atoms with Gasteiger partial charge in [0.2, 0.25) is 11.2 Å². The molecule has 1 N–H and O–H groups in total. The zero-order valence-corrected chi connectivity index (χ0v) is 19.6. The Kier molecular flexibility index (Phi) is 7.37. The fourth-order valence-corrected chi connectivity index (χ4v) is 4.11. The molecule has 0 spiro atoms. The average Bonchev–Trinajstić information content (AvgIpc) is 2.80. The van der Waals surface area contributed by atoms with Crippen LogP contribution in [0.1, 0.15) is 31.1 Å². The Labute approximate surface area is 200 Å². The van der Waals surface area contributed by atoms with E-state index in [1.165, 1.54) is 30.3 Å². The Morgan fingerprint density at radius 1 is 1.14 bits per heavy atom. The zero-order chi connectivity index (χ0) is 25.2. The molecule has 0 radical (unpaired) electrons. The number of halogens is 3. The number of aliphatic hydroxyl groups is 1. The smallest absolute Gasteiger partial charge is 0.453 e. The third-order valence-electron chi connectivity index (χ3n) is 6.08. The van der Waals surface area contributed by atoms with E-state index < -0.39 is 29.2 Å². The van der Waals surface area contributed by atoms with Crippen molar-refractivity contribution in [1.29, 1.82) is 0 Å². The van der Waals surface area contributed by atoms with Crippen molar-refractivity contribution in [1.82, 2.24) is 4.90 Å². The summed E-state index contributed by atoms with van der Waals surface area (Å²) in [4.78, 5) is 15.1. The van der Waals surface area contributed by atoms with Crippen LogP contribution in [0.25, 0.3) is 11.0 Å². The molecule has 1 unspecified atom stereocenters. The minimum Gasteiger partial charge on any atom is -0.491 e. The maximum atomic E-state index is 13.8. The SMILES string of the molecule is Cc1cccc(Oc2c(C(F)(F)F)oc3cc(OCC(O)CN4CCC(C)CC4)ccc3c2=O)c1. The first kappa shape index (κ1) is 25.1. The van der Waals surface area contributed by atoms with Gasteiger partial charge < -0.3 is 23.9 Å². The highest BCUT2D eigenvalue weighted by Gasteiger charge is 2.40. The summed E-state index contributed by atoms with van der Waals surface area (Å²) in [5.41, 5.74) is -0.457. The van der Waals surface area contributed by atoms with Crippen LogP contribution < -0.4 is 14.9 Å². The van der Waals surface area contributed by atoms with E-state index in [2.05, 4.69) is 11.8 Å². The van der Waals surface area contributed by atoms with Crippen LogP contribution in [-0.2, 0) is 6.18 Å². The maximum Gasteiger partial charge on any atom is 0.453 e. The van der Waals surface area contributed by atoms with E-state index in [-0.39, 0.29) is 29.1 Å². The molecule has 2 heterocycles. The highest BCUT2D eigenvalue weighted by atomic mass is 19.4. The molecule has 188 valence electrons. The second-order valence-corrected chi connectivity index (χ2v) is 9.11. The molecule has 1 saturated heterocycles. The number of likely N-dealkylation sites (tertiary alicyclic amines) is 1.